The van der Waals surface area contributed by atoms with E-state index in [0.717, 1.165) is 0 Å². The van der Waals surface area contributed by atoms with E-state index in [0.29, 0.717) is 34.3 Å². The number of rotatable bonds is 4. The maximum atomic E-state index is 12.0. The Balaban J connectivity index is 2.31. The largest absolute Gasteiger partial charge is 0.456 e. The van der Waals surface area contributed by atoms with Gasteiger partial charge in [-0.15, -0.1) is 0 Å². The first-order valence-electron chi connectivity index (χ1n) is 6.21. The molecule has 5 heteroatoms. The first kappa shape index (κ1) is 14.2. The molecule has 2 aromatic rings. The van der Waals surface area contributed by atoms with Crippen molar-refractivity contribution in [3.05, 3.63) is 53.1 Å². The number of nitrogen functional groups attached to an aromatic ring is 1. The number of hydrogen-bond acceptors (Lipinski definition) is 3. The zero-order valence-electron chi connectivity index (χ0n) is 11.0. The van der Waals surface area contributed by atoms with Crippen LogP contribution < -0.4 is 15.8 Å². The minimum absolute atomic E-state index is 0.198. The van der Waals surface area contributed by atoms with Gasteiger partial charge in [0.25, 0.3) is 5.91 Å². The Bertz CT molecular complexity index is 612. The van der Waals surface area contributed by atoms with Gasteiger partial charge in [-0.3, -0.25) is 4.79 Å². The van der Waals surface area contributed by atoms with Gasteiger partial charge in [-0.2, -0.15) is 0 Å². The predicted molar refractivity (Wildman–Crippen MR) is 80.4 cm³/mol. The minimum Gasteiger partial charge on any atom is -0.456 e. The summed E-state index contributed by atoms with van der Waals surface area (Å²) in [5.41, 5.74) is 6.72. The maximum absolute atomic E-state index is 12.0. The molecule has 104 valence electrons. The van der Waals surface area contributed by atoms with Gasteiger partial charge < -0.3 is 15.8 Å². The lowest BCUT2D eigenvalue weighted by atomic mass is 10.1. The third-order valence-electron chi connectivity index (χ3n) is 2.63. The highest BCUT2D eigenvalue weighted by molar-refractivity contribution is 6.30. The van der Waals surface area contributed by atoms with E-state index >= 15 is 0 Å². The molecule has 2 rings (SSSR count). The smallest absolute Gasteiger partial charge is 0.255 e. The van der Waals surface area contributed by atoms with Gasteiger partial charge in [0.05, 0.1) is 5.56 Å². The standard InChI is InChI=1S/C15H15ClN2O2/c1-2-18-15(19)13-8-5-11(17)9-14(13)20-12-6-3-10(16)4-7-12/h3-9H,2,17H2,1H3,(H,18,19). The number of nitrogens with two attached hydrogens (primary N) is 1. The number of carbonyl (C=O) groups excluding carboxylic acids is 1. The van der Waals surface area contributed by atoms with Crippen LogP contribution in [0.3, 0.4) is 0 Å². The highest BCUT2D eigenvalue weighted by Gasteiger charge is 2.13. The summed E-state index contributed by atoms with van der Waals surface area (Å²) in [6.07, 6.45) is 0. The fourth-order valence-electron chi connectivity index (χ4n) is 1.70. The van der Waals surface area contributed by atoms with Gasteiger partial charge in [-0.1, -0.05) is 11.6 Å². The molecule has 0 aliphatic heterocycles. The van der Waals surface area contributed by atoms with Crippen molar-refractivity contribution in [2.45, 2.75) is 6.92 Å². The van der Waals surface area contributed by atoms with Gasteiger partial charge in [-0.25, -0.2) is 0 Å². The Morgan fingerprint density at radius 3 is 2.60 bits per heavy atom. The molecule has 0 fully saturated rings. The van der Waals surface area contributed by atoms with Crippen LogP contribution in [0.1, 0.15) is 17.3 Å². The van der Waals surface area contributed by atoms with Crippen molar-refractivity contribution >= 4 is 23.2 Å². The summed E-state index contributed by atoms with van der Waals surface area (Å²) in [6.45, 7) is 2.40. The van der Waals surface area contributed by atoms with Crippen molar-refractivity contribution in [2.75, 3.05) is 12.3 Å². The summed E-state index contributed by atoms with van der Waals surface area (Å²) in [6, 6.07) is 11.8. The van der Waals surface area contributed by atoms with E-state index in [1.807, 2.05) is 6.92 Å². The van der Waals surface area contributed by atoms with Crippen LogP contribution in [0.25, 0.3) is 0 Å². The van der Waals surface area contributed by atoms with Gasteiger partial charge >= 0.3 is 0 Å². The van der Waals surface area contributed by atoms with Crippen molar-refractivity contribution in [3.63, 3.8) is 0 Å². The highest BCUT2D eigenvalue weighted by Crippen LogP contribution is 2.28. The first-order chi connectivity index (χ1) is 9.60. The fraction of sp³-hybridized carbons (Fsp3) is 0.133. The number of amides is 1. The quantitative estimate of drug-likeness (QED) is 0.848. The third-order valence-corrected chi connectivity index (χ3v) is 2.88. The molecule has 4 nitrogen and oxygen atoms in total. The Morgan fingerprint density at radius 2 is 1.95 bits per heavy atom. The lowest BCUT2D eigenvalue weighted by molar-refractivity contribution is 0.0953. The normalized spacial score (nSPS) is 10.1. The number of ether oxygens (including phenoxy) is 1. The molecule has 0 saturated carbocycles. The topological polar surface area (TPSA) is 64.4 Å². The van der Waals surface area contributed by atoms with Gasteiger partial charge in [0, 0.05) is 23.3 Å². The second-order valence-electron chi connectivity index (χ2n) is 4.17. The molecular formula is C15H15ClN2O2. The molecule has 0 atom stereocenters. The number of anilines is 1. The maximum Gasteiger partial charge on any atom is 0.255 e. The summed E-state index contributed by atoms with van der Waals surface area (Å²) in [7, 11) is 0. The second kappa shape index (κ2) is 6.30. The van der Waals surface area contributed by atoms with Crippen LogP contribution in [0.5, 0.6) is 11.5 Å². The summed E-state index contributed by atoms with van der Waals surface area (Å²) < 4.78 is 5.71. The number of carbonyl (C=O) groups is 1. The monoisotopic (exact) mass is 290 g/mol. The van der Waals surface area contributed by atoms with Crippen LogP contribution in [0, 0.1) is 0 Å². The zero-order chi connectivity index (χ0) is 14.5. The molecule has 0 aromatic heterocycles. The van der Waals surface area contributed by atoms with E-state index in [4.69, 9.17) is 22.1 Å². The predicted octanol–water partition coefficient (Wildman–Crippen LogP) is 3.46. The van der Waals surface area contributed by atoms with E-state index in [1.165, 1.54) is 0 Å². The van der Waals surface area contributed by atoms with Crippen LogP contribution >= 0.6 is 11.6 Å². The van der Waals surface area contributed by atoms with Gasteiger partial charge in [-0.05, 0) is 43.3 Å². The molecule has 1 amide bonds. The highest BCUT2D eigenvalue weighted by atomic mass is 35.5. The summed E-state index contributed by atoms with van der Waals surface area (Å²) in [5.74, 6) is 0.806. The molecule has 3 N–H and O–H groups in total. The zero-order valence-corrected chi connectivity index (χ0v) is 11.8. The van der Waals surface area contributed by atoms with Crippen molar-refractivity contribution in [1.29, 1.82) is 0 Å². The van der Waals surface area contributed by atoms with Gasteiger partial charge in [0.15, 0.2) is 0 Å². The molecule has 0 aliphatic carbocycles. The molecule has 0 unspecified atom stereocenters. The SMILES string of the molecule is CCNC(=O)c1ccc(N)cc1Oc1ccc(Cl)cc1. The molecule has 2 aromatic carbocycles. The van der Waals surface area contributed by atoms with E-state index in [9.17, 15) is 4.79 Å². The fourth-order valence-corrected chi connectivity index (χ4v) is 1.82. The third kappa shape index (κ3) is 3.42. The number of halogens is 1. The molecule has 20 heavy (non-hydrogen) atoms. The summed E-state index contributed by atoms with van der Waals surface area (Å²) >= 11 is 5.82. The van der Waals surface area contributed by atoms with E-state index in [1.54, 1.807) is 42.5 Å². The number of hydrogen-bond donors (Lipinski definition) is 2. The lowest BCUT2D eigenvalue weighted by Crippen LogP contribution is -2.23. The Hall–Kier alpha value is -2.20. The average Bonchev–Trinajstić information content (AvgIpc) is 2.42. The minimum atomic E-state index is -0.198. The van der Waals surface area contributed by atoms with Crippen molar-refractivity contribution < 1.29 is 9.53 Å². The van der Waals surface area contributed by atoms with E-state index < -0.39 is 0 Å². The van der Waals surface area contributed by atoms with E-state index in [-0.39, 0.29) is 5.91 Å². The van der Waals surface area contributed by atoms with Crippen LogP contribution in [0.2, 0.25) is 5.02 Å². The van der Waals surface area contributed by atoms with Crippen LogP contribution in [-0.2, 0) is 0 Å². The van der Waals surface area contributed by atoms with Crippen molar-refractivity contribution in [1.82, 2.24) is 5.32 Å². The van der Waals surface area contributed by atoms with Crippen LogP contribution in [0.15, 0.2) is 42.5 Å². The summed E-state index contributed by atoms with van der Waals surface area (Å²) in [4.78, 5) is 12.0. The summed E-state index contributed by atoms with van der Waals surface area (Å²) in [5, 5.41) is 3.36. The van der Waals surface area contributed by atoms with Gasteiger partial charge in [0.1, 0.15) is 11.5 Å². The molecule has 0 aliphatic rings. The molecule has 0 heterocycles. The van der Waals surface area contributed by atoms with Gasteiger partial charge in [0.2, 0.25) is 0 Å². The number of benzene rings is 2. The first-order valence-corrected chi connectivity index (χ1v) is 6.59. The van der Waals surface area contributed by atoms with Crippen LogP contribution in [-0.4, -0.2) is 12.5 Å². The average molecular weight is 291 g/mol. The number of nitrogens with one attached hydrogen (secondary N) is 1. The van der Waals surface area contributed by atoms with Crippen molar-refractivity contribution in [3.8, 4) is 11.5 Å². The van der Waals surface area contributed by atoms with Crippen molar-refractivity contribution in [2.24, 2.45) is 0 Å². The van der Waals surface area contributed by atoms with E-state index in [2.05, 4.69) is 5.32 Å². The molecule has 0 saturated heterocycles. The Labute approximate surface area is 122 Å². The Morgan fingerprint density at radius 1 is 1.25 bits per heavy atom. The second-order valence-corrected chi connectivity index (χ2v) is 4.61. The molecule has 0 spiro atoms. The molecular weight excluding hydrogens is 276 g/mol. The Kier molecular flexibility index (Phi) is 4.48. The molecule has 0 bridgehead atoms. The van der Waals surface area contributed by atoms with Crippen LogP contribution in [0.4, 0.5) is 5.69 Å². The molecule has 0 radical (unpaired) electrons. The lowest BCUT2D eigenvalue weighted by Gasteiger charge is -2.11.